The number of halogens is 1. The molecule has 2 rings (SSSR count). The number of hydrogen-bond acceptors (Lipinski definition) is 2. The van der Waals surface area contributed by atoms with Gasteiger partial charge < -0.3 is 10.2 Å². The van der Waals surface area contributed by atoms with Crippen LogP contribution in [0.3, 0.4) is 0 Å². The molecule has 1 aliphatic rings. The fraction of sp³-hybridized carbons (Fsp3) is 0.571. The number of nitrogens with one attached hydrogen (secondary N) is 1. The second kappa shape index (κ2) is 5.51. The lowest BCUT2D eigenvalue weighted by molar-refractivity contribution is 0.222. The Morgan fingerprint density at radius 2 is 2.18 bits per heavy atom. The van der Waals surface area contributed by atoms with E-state index in [1.165, 1.54) is 22.0 Å². The quantitative estimate of drug-likeness (QED) is 0.923. The molecule has 0 saturated carbocycles. The predicted octanol–water partition coefficient (Wildman–Crippen LogP) is 2.97. The van der Waals surface area contributed by atoms with Crippen molar-refractivity contribution in [1.82, 2.24) is 10.2 Å². The van der Waals surface area contributed by atoms with Crippen molar-refractivity contribution in [2.45, 2.75) is 19.4 Å². The average Bonchev–Trinajstić information content (AvgIpc) is 2.76. The Bertz CT molecular complexity index is 384. The van der Waals surface area contributed by atoms with Gasteiger partial charge in [0.05, 0.1) is 0 Å². The fourth-order valence-electron chi connectivity index (χ4n) is 2.83. The summed E-state index contributed by atoms with van der Waals surface area (Å²) < 4.78 is 1.18. The fourth-order valence-corrected chi connectivity index (χ4v) is 3.21. The van der Waals surface area contributed by atoms with Gasteiger partial charge in [-0.1, -0.05) is 22.0 Å². The second-order valence-corrected chi connectivity index (χ2v) is 6.08. The van der Waals surface area contributed by atoms with E-state index in [4.69, 9.17) is 0 Å². The van der Waals surface area contributed by atoms with Gasteiger partial charge in [0.2, 0.25) is 0 Å². The maximum atomic E-state index is 3.59. The highest BCUT2D eigenvalue weighted by atomic mass is 79.9. The standard InChI is InChI=1S/C14H21BrN2/c1-10-4-5-12(15)8-13(10)14(17(2)3)11-6-7-16-9-11/h4-5,8,11,14,16H,6-7,9H2,1-3H3. The molecule has 0 radical (unpaired) electrons. The molecule has 1 saturated heterocycles. The van der Waals surface area contributed by atoms with E-state index in [9.17, 15) is 0 Å². The lowest BCUT2D eigenvalue weighted by atomic mass is 9.89. The molecular formula is C14H21BrN2. The monoisotopic (exact) mass is 296 g/mol. The van der Waals surface area contributed by atoms with Crippen molar-refractivity contribution in [3.63, 3.8) is 0 Å². The van der Waals surface area contributed by atoms with Gasteiger partial charge in [-0.3, -0.25) is 0 Å². The molecule has 0 spiro atoms. The number of benzene rings is 1. The SMILES string of the molecule is Cc1ccc(Br)cc1C(C1CCNC1)N(C)C. The van der Waals surface area contributed by atoms with Gasteiger partial charge in [-0.05, 0) is 69.7 Å². The van der Waals surface area contributed by atoms with Crippen LogP contribution in [0.5, 0.6) is 0 Å². The molecule has 0 amide bonds. The Balaban J connectivity index is 2.34. The summed E-state index contributed by atoms with van der Waals surface area (Å²) in [6.45, 7) is 4.50. The van der Waals surface area contributed by atoms with Crippen LogP contribution < -0.4 is 5.32 Å². The third kappa shape index (κ3) is 2.90. The molecule has 2 nitrogen and oxygen atoms in total. The van der Waals surface area contributed by atoms with E-state index in [0.29, 0.717) is 6.04 Å². The smallest absolute Gasteiger partial charge is 0.0385 e. The van der Waals surface area contributed by atoms with E-state index >= 15 is 0 Å². The first-order chi connectivity index (χ1) is 8.09. The van der Waals surface area contributed by atoms with Crippen LogP contribution in [0, 0.1) is 12.8 Å². The molecule has 1 aliphatic heterocycles. The van der Waals surface area contributed by atoms with Crippen LogP contribution in [0.15, 0.2) is 22.7 Å². The van der Waals surface area contributed by atoms with Crippen molar-refractivity contribution in [3.8, 4) is 0 Å². The van der Waals surface area contributed by atoms with E-state index in [-0.39, 0.29) is 0 Å². The van der Waals surface area contributed by atoms with Crippen molar-refractivity contribution >= 4 is 15.9 Å². The molecular weight excluding hydrogens is 276 g/mol. The topological polar surface area (TPSA) is 15.3 Å². The average molecular weight is 297 g/mol. The lowest BCUT2D eigenvalue weighted by Gasteiger charge is -2.31. The summed E-state index contributed by atoms with van der Waals surface area (Å²) in [7, 11) is 4.37. The molecule has 1 fully saturated rings. The predicted molar refractivity (Wildman–Crippen MR) is 76.3 cm³/mol. The minimum absolute atomic E-state index is 0.516. The Morgan fingerprint density at radius 1 is 1.41 bits per heavy atom. The first-order valence-corrected chi connectivity index (χ1v) is 7.02. The van der Waals surface area contributed by atoms with Crippen LogP contribution in [-0.2, 0) is 0 Å². The van der Waals surface area contributed by atoms with Gasteiger partial charge in [-0.2, -0.15) is 0 Å². The number of nitrogens with zero attached hydrogens (tertiary/aromatic N) is 1. The van der Waals surface area contributed by atoms with Crippen LogP contribution >= 0.6 is 15.9 Å². The summed E-state index contributed by atoms with van der Waals surface area (Å²) >= 11 is 3.59. The zero-order valence-corrected chi connectivity index (χ0v) is 12.4. The van der Waals surface area contributed by atoms with E-state index in [1.54, 1.807) is 0 Å². The van der Waals surface area contributed by atoms with Crippen molar-refractivity contribution in [3.05, 3.63) is 33.8 Å². The summed E-state index contributed by atoms with van der Waals surface area (Å²) in [6.07, 6.45) is 1.27. The zero-order valence-electron chi connectivity index (χ0n) is 10.8. The highest BCUT2D eigenvalue weighted by molar-refractivity contribution is 9.10. The van der Waals surface area contributed by atoms with E-state index in [1.807, 2.05) is 0 Å². The molecule has 1 aromatic carbocycles. The number of rotatable bonds is 3. The van der Waals surface area contributed by atoms with E-state index in [0.717, 1.165) is 19.0 Å². The summed E-state index contributed by atoms with van der Waals surface area (Å²) in [5.41, 5.74) is 2.84. The van der Waals surface area contributed by atoms with Gasteiger partial charge in [-0.15, -0.1) is 0 Å². The van der Waals surface area contributed by atoms with Crippen molar-refractivity contribution in [2.24, 2.45) is 5.92 Å². The van der Waals surface area contributed by atoms with Crippen molar-refractivity contribution in [2.75, 3.05) is 27.2 Å². The van der Waals surface area contributed by atoms with Gasteiger partial charge >= 0.3 is 0 Å². The zero-order chi connectivity index (χ0) is 12.4. The van der Waals surface area contributed by atoms with Crippen LogP contribution in [-0.4, -0.2) is 32.1 Å². The molecule has 0 aliphatic carbocycles. The Hall–Kier alpha value is -0.380. The third-order valence-electron chi connectivity index (χ3n) is 3.66. The maximum absolute atomic E-state index is 3.59. The summed E-state index contributed by atoms with van der Waals surface area (Å²) in [4.78, 5) is 2.35. The van der Waals surface area contributed by atoms with E-state index in [2.05, 4.69) is 65.4 Å². The van der Waals surface area contributed by atoms with Gasteiger partial charge in [-0.25, -0.2) is 0 Å². The molecule has 1 aromatic rings. The lowest BCUT2D eigenvalue weighted by Crippen LogP contribution is -2.29. The largest absolute Gasteiger partial charge is 0.316 e. The third-order valence-corrected chi connectivity index (χ3v) is 4.15. The van der Waals surface area contributed by atoms with Crippen molar-refractivity contribution < 1.29 is 0 Å². The Kier molecular flexibility index (Phi) is 4.23. The van der Waals surface area contributed by atoms with Crippen LogP contribution in [0.4, 0.5) is 0 Å². The highest BCUT2D eigenvalue weighted by Gasteiger charge is 2.28. The van der Waals surface area contributed by atoms with Crippen LogP contribution in [0.1, 0.15) is 23.6 Å². The normalized spacial score (nSPS) is 22.1. The van der Waals surface area contributed by atoms with Gasteiger partial charge in [0.25, 0.3) is 0 Å². The second-order valence-electron chi connectivity index (χ2n) is 5.16. The molecule has 1 N–H and O–H groups in total. The summed E-state index contributed by atoms with van der Waals surface area (Å²) in [5, 5.41) is 3.47. The molecule has 2 unspecified atom stereocenters. The van der Waals surface area contributed by atoms with Crippen LogP contribution in [0.2, 0.25) is 0 Å². The first-order valence-electron chi connectivity index (χ1n) is 6.23. The van der Waals surface area contributed by atoms with Crippen LogP contribution in [0.25, 0.3) is 0 Å². The van der Waals surface area contributed by atoms with E-state index < -0.39 is 0 Å². The van der Waals surface area contributed by atoms with Gasteiger partial charge in [0.1, 0.15) is 0 Å². The molecule has 1 heterocycles. The number of aryl methyl sites for hydroxylation is 1. The maximum Gasteiger partial charge on any atom is 0.0385 e. The van der Waals surface area contributed by atoms with Crippen molar-refractivity contribution in [1.29, 1.82) is 0 Å². The minimum atomic E-state index is 0.516. The summed E-state index contributed by atoms with van der Waals surface area (Å²) in [6, 6.07) is 7.12. The molecule has 0 bridgehead atoms. The number of hydrogen-bond donors (Lipinski definition) is 1. The molecule has 0 aromatic heterocycles. The minimum Gasteiger partial charge on any atom is -0.316 e. The highest BCUT2D eigenvalue weighted by Crippen LogP contribution is 2.34. The first kappa shape index (κ1) is 13.1. The Labute approximate surface area is 113 Å². The van der Waals surface area contributed by atoms with Gasteiger partial charge in [0, 0.05) is 10.5 Å². The molecule has 2 atom stereocenters. The molecule has 94 valence electrons. The van der Waals surface area contributed by atoms with Gasteiger partial charge in [0.15, 0.2) is 0 Å². The molecule has 3 heteroatoms. The summed E-state index contributed by atoms with van der Waals surface area (Å²) in [5.74, 6) is 0.720. The Morgan fingerprint density at radius 3 is 2.76 bits per heavy atom. The molecule has 17 heavy (non-hydrogen) atoms.